The Morgan fingerprint density at radius 1 is 1.36 bits per heavy atom. The molecule has 1 rings (SSSR count). The van der Waals surface area contributed by atoms with Crippen LogP contribution in [-0.4, -0.2) is 56.1 Å². The van der Waals surface area contributed by atoms with Crippen LogP contribution in [0.5, 0.6) is 0 Å². The molecular formula is C9H16Cl2N2O. The minimum Gasteiger partial charge on any atom is -1.00 e. The van der Waals surface area contributed by atoms with E-state index in [1.54, 1.807) is 0 Å². The van der Waals surface area contributed by atoms with E-state index in [0.717, 1.165) is 31.5 Å². The van der Waals surface area contributed by atoms with Gasteiger partial charge in [0.05, 0.1) is 13.2 Å². The van der Waals surface area contributed by atoms with E-state index >= 15 is 0 Å². The zero-order valence-corrected chi connectivity index (χ0v) is 10.1. The Morgan fingerprint density at radius 3 is 2.43 bits per heavy atom. The first-order chi connectivity index (χ1) is 6.20. The summed E-state index contributed by atoms with van der Waals surface area (Å²) in [4.78, 5) is 2.12. The number of rotatable bonds is 2. The van der Waals surface area contributed by atoms with E-state index in [1.807, 2.05) is 31.0 Å². The van der Waals surface area contributed by atoms with E-state index in [1.165, 1.54) is 0 Å². The predicted molar refractivity (Wildman–Crippen MR) is 54.5 cm³/mol. The monoisotopic (exact) mass is 238 g/mol. The summed E-state index contributed by atoms with van der Waals surface area (Å²) in [7, 11) is 3.94. The molecule has 0 N–H and O–H groups in total. The van der Waals surface area contributed by atoms with Gasteiger partial charge >= 0.3 is 0 Å². The molecule has 5 heteroatoms. The summed E-state index contributed by atoms with van der Waals surface area (Å²) < 4.78 is 7.19. The second-order valence-corrected chi connectivity index (χ2v) is 3.59. The van der Waals surface area contributed by atoms with Gasteiger partial charge in [0.2, 0.25) is 0 Å². The van der Waals surface area contributed by atoms with Gasteiger partial charge in [-0.15, -0.1) is 0 Å². The van der Waals surface area contributed by atoms with Crippen molar-refractivity contribution in [2.45, 2.75) is 0 Å². The van der Waals surface area contributed by atoms with E-state index in [4.69, 9.17) is 16.3 Å². The molecule has 0 radical (unpaired) electrons. The molecule has 1 saturated heterocycles. The zero-order valence-electron chi connectivity index (χ0n) is 8.54. The van der Waals surface area contributed by atoms with Crippen LogP contribution in [0.1, 0.15) is 0 Å². The van der Waals surface area contributed by atoms with Crippen LogP contribution in [0.2, 0.25) is 0 Å². The molecule has 0 aliphatic carbocycles. The van der Waals surface area contributed by atoms with Crippen LogP contribution in [0.4, 0.5) is 0 Å². The van der Waals surface area contributed by atoms with Crippen LogP contribution in [0.3, 0.4) is 0 Å². The van der Waals surface area contributed by atoms with Crippen molar-refractivity contribution in [2.75, 3.05) is 40.4 Å². The van der Waals surface area contributed by atoms with Crippen molar-refractivity contribution in [3.8, 4) is 0 Å². The SMILES string of the molecule is C[N+](C)=C/C=C(\Cl)N1CCOCC1.[Cl-]. The average Bonchev–Trinajstić information content (AvgIpc) is 2.15. The third kappa shape index (κ3) is 4.84. The second kappa shape index (κ2) is 7.10. The fourth-order valence-electron chi connectivity index (χ4n) is 1.09. The van der Waals surface area contributed by atoms with Crippen molar-refractivity contribution in [3.05, 3.63) is 11.2 Å². The van der Waals surface area contributed by atoms with Gasteiger partial charge in [-0.2, -0.15) is 0 Å². The van der Waals surface area contributed by atoms with Crippen LogP contribution in [0, 0.1) is 0 Å². The highest BCUT2D eigenvalue weighted by atomic mass is 35.5. The quantitative estimate of drug-likeness (QED) is 0.307. The minimum absolute atomic E-state index is 0. The average molecular weight is 239 g/mol. The topological polar surface area (TPSA) is 15.5 Å². The van der Waals surface area contributed by atoms with Crippen molar-refractivity contribution in [1.82, 2.24) is 4.90 Å². The van der Waals surface area contributed by atoms with Gasteiger partial charge in [-0.25, -0.2) is 4.58 Å². The maximum absolute atomic E-state index is 6.08. The highest BCUT2D eigenvalue weighted by Gasteiger charge is 2.11. The summed E-state index contributed by atoms with van der Waals surface area (Å²) >= 11 is 6.08. The van der Waals surface area contributed by atoms with E-state index in [9.17, 15) is 0 Å². The lowest BCUT2D eigenvalue weighted by Gasteiger charge is -2.27. The van der Waals surface area contributed by atoms with E-state index in [2.05, 4.69) is 4.90 Å². The number of halogens is 2. The summed E-state index contributed by atoms with van der Waals surface area (Å²) in [6.45, 7) is 3.31. The maximum Gasteiger partial charge on any atom is 0.165 e. The van der Waals surface area contributed by atoms with E-state index in [0.29, 0.717) is 0 Å². The van der Waals surface area contributed by atoms with Gasteiger partial charge in [-0.1, -0.05) is 11.6 Å². The summed E-state index contributed by atoms with van der Waals surface area (Å²) in [6, 6.07) is 0. The Bertz CT molecular complexity index is 219. The Kier molecular flexibility index (Phi) is 6.97. The Morgan fingerprint density at radius 2 is 1.93 bits per heavy atom. The first-order valence-electron chi connectivity index (χ1n) is 4.40. The van der Waals surface area contributed by atoms with Gasteiger partial charge < -0.3 is 22.0 Å². The first kappa shape index (κ1) is 13.8. The molecule has 0 bridgehead atoms. The van der Waals surface area contributed by atoms with Crippen molar-refractivity contribution in [3.63, 3.8) is 0 Å². The summed E-state index contributed by atoms with van der Waals surface area (Å²) in [5.74, 6) is 0. The summed E-state index contributed by atoms with van der Waals surface area (Å²) in [5, 5.41) is 0.789. The lowest BCUT2D eigenvalue weighted by Crippen LogP contribution is -3.00. The summed E-state index contributed by atoms with van der Waals surface area (Å²) in [6.07, 6.45) is 3.85. The Balaban J connectivity index is 0.00000169. The fraction of sp³-hybridized carbons (Fsp3) is 0.667. The normalized spacial score (nSPS) is 17.4. The van der Waals surface area contributed by atoms with Gasteiger partial charge in [0.25, 0.3) is 0 Å². The second-order valence-electron chi connectivity index (χ2n) is 3.20. The molecule has 0 aromatic rings. The number of hydrogen-bond acceptors (Lipinski definition) is 2. The smallest absolute Gasteiger partial charge is 0.165 e. The fourth-order valence-corrected chi connectivity index (χ4v) is 1.32. The van der Waals surface area contributed by atoms with E-state index in [-0.39, 0.29) is 12.4 Å². The van der Waals surface area contributed by atoms with E-state index < -0.39 is 0 Å². The molecule has 14 heavy (non-hydrogen) atoms. The highest BCUT2D eigenvalue weighted by molar-refractivity contribution is 6.30. The third-order valence-corrected chi connectivity index (χ3v) is 2.19. The molecule has 0 spiro atoms. The van der Waals surface area contributed by atoms with Crippen molar-refractivity contribution >= 4 is 17.8 Å². The van der Waals surface area contributed by atoms with Crippen molar-refractivity contribution in [1.29, 1.82) is 0 Å². The molecule has 1 aliphatic rings. The molecule has 0 saturated carbocycles. The van der Waals surface area contributed by atoms with Crippen LogP contribution in [-0.2, 0) is 4.74 Å². The third-order valence-electron chi connectivity index (χ3n) is 1.82. The molecule has 0 aromatic carbocycles. The van der Waals surface area contributed by atoms with Crippen LogP contribution < -0.4 is 12.4 Å². The standard InChI is InChI=1S/C9H16ClN2O.ClH/c1-11(2)4-3-9(10)12-5-7-13-8-6-12;/h3-4H,5-8H2,1-2H3;1H/q+1;/p-1. The van der Waals surface area contributed by atoms with Crippen molar-refractivity contribution in [2.24, 2.45) is 0 Å². The lowest BCUT2D eigenvalue weighted by atomic mass is 10.4. The van der Waals surface area contributed by atoms with Crippen molar-refractivity contribution < 1.29 is 21.7 Å². The molecule has 0 atom stereocenters. The molecule has 0 unspecified atom stereocenters. The number of morpholine rings is 1. The summed E-state index contributed by atoms with van der Waals surface area (Å²) in [5.41, 5.74) is 0. The van der Waals surface area contributed by atoms with Gasteiger partial charge in [0.15, 0.2) is 6.21 Å². The molecular weight excluding hydrogens is 223 g/mol. The van der Waals surface area contributed by atoms with Gasteiger partial charge in [-0.05, 0) is 0 Å². The lowest BCUT2D eigenvalue weighted by molar-refractivity contribution is -0.458. The zero-order chi connectivity index (χ0) is 9.68. The Labute approximate surface area is 96.4 Å². The van der Waals surface area contributed by atoms with Gasteiger partial charge in [0, 0.05) is 19.2 Å². The molecule has 0 amide bonds. The van der Waals surface area contributed by atoms with Crippen LogP contribution >= 0.6 is 11.6 Å². The van der Waals surface area contributed by atoms with Crippen LogP contribution in [0.25, 0.3) is 0 Å². The number of nitrogens with zero attached hydrogens (tertiary/aromatic N) is 2. The molecule has 3 nitrogen and oxygen atoms in total. The van der Waals surface area contributed by atoms with Gasteiger partial charge in [-0.3, -0.25) is 0 Å². The largest absolute Gasteiger partial charge is 1.00 e. The number of ether oxygens (including phenoxy) is 1. The minimum atomic E-state index is 0. The molecule has 1 fully saturated rings. The molecule has 1 aliphatic heterocycles. The molecule has 82 valence electrons. The Hall–Kier alpha value is -0.250. The predicted octanol–water partition coefficient (Wildman–Crippen LogP) is -2.25. The maximum atomic E-state index is 6.08. The molecule has 1 heterocycles. The first-order valence-corrected chi connectivity index (χ1v) is 4.77. The van der Waals surface area contributed by atoms with Gasteiger partial charge in [0.1, 0.15) is 19.3 Å². The molecule has 0 aromatic heterocycles. The highest BCUT2D eigenvalue weighted by Crippen LogP contribution is 2.10. The van der Waals surface area contributed by atoms with Crippen LogP contribution in [0.15, 0.2) is 11.2 Å². The number of allylic oxidation sites excluding steroid dienone is 1. The number of hydrogen-bond donors (Lipinski definition) is 0.